The molecule has 1 aromatic rings. The summed E-state index contributed by atoms with van der Waals surface area (Å²) in [6.07, 6.45) is 1.42. The second-order valence-electron chi connectivity index (χ2n) is 6.32. The zero-order chi connectivity index (χ0) is 21.1. The minimum absolute atomic E-state index is 0.251. The summed E-state index contributed by atoms with van der Waals surface area (Å²) in [4.78, 5) is 19.8. The zero-order valence-electron chi connectivity index (χ0n) is 16.4. The molecular weight excluding hydrogens is 456 g/mol. The fourth-order valence-corrected chi connectivity index (χ4v) is 4.76. The van der Waals surface area contributed by atoms with Crippen LogP contribution in [0.5, 0.6) is 5.75 Å². The predicted octanol–water partition coefficient (Wildman–Crippen LogP) is 4.19. The normalized spacial score (nSPS) is 18.4. The zero-order valence-corrected chi connectivity index (χ0v) is 18.8. The Morgan fingerprint density at radius 1 is 1.45 bits per heavy atom. The Labute approximate surface area is 182 Å². The van der Waals surface area contributed by atoms with Crippen molar-refractivity contribution in [2.45, 2.75) is 32.7 Å². The summed E-state index contributed by atoms with van der Waals surface area (Å²) in [5, 5.41) is 10.1. The number of carbonyl (C=O) groups is 1. The molecule has 2 heterocycles. The molecule has 2 N–H and O–H groups in total. The molecule has 0 saturated heterocycles. The number of methoxy groups -OCH3 is 1. The maximum atomic E-state index is 13.0. The number of carbonyl (C=O) groups excluding carboxylic acids is 1. The molecule has 29 heavy (non-hydrogen) atoms. The van der Waals surface area contributed by atoms with Crippen molar-refractivity contribution >= 4 is 38.8 Å². The van der Waals surface area contributed by atoms with Gasteiger partial charge in [0.2, 0.25) is 0 Å². The molecule has 9 heteroatoms. The van der Waals surface area contributed by atoms with Crippen LogP contribution in [0.4, 0.5) is 0 Å². The second-order valence-corrected chi connectivity index (χ2v) is 8.15. The molecule has 3 rings (SSSR count). The van der Waals surface area contributed by atoms with Gasteiger partial charge in [-0.2, -0.15) is 5.26 Å². The van der Waals surface area contributed by atoms with Crippen LogP contribution >= 0.6 is 27.7 Å². The van der Waals surface area contributed by atoms with Crippen LogP contribution in [0.25, 0.3) is 0 Å². The third kappa shape index (κ3) is 3.87. The van der Waals surface area contributed by atoms with Gasteiger partial charge in [-0.3, -0.25) is 4.90 Å². The lowest BCUT2D eigenvalue weighted by molar-refractivity contribution is -0.139. The molecule has 1 atom stereocenters. The van der Waals surface area contributed by atoms with Gasteiger partial charge >= 0.3 is 5.97 Å². The molecule has 2 aliphatic heterocycles. The van der Waals surface area contributed by atoms with Crippen molar-refractivity contribution in [3.63, 3.8) is 0 Å². The van der Waals surface area contributed by atoms with Crippen LogP contribution in [0.15, 0.2) is 49.7 Å². The first-order valence-corrected chi connectivity index (χ1v) is 10.8. The number of nitrogens with zero attached hydrogens (tertiary/aromatic N) is 3. The number of benzene rings is 1. The van der Waals surface area contributed by atoms with E-state index in [-0.39, 0.29) is 12.4 Å². The highest BCUT2D eigenvalue weighted by molar-refractivity contribution is 9.10. The van der Waals surface area contributed by atoms with Crippen LogP contribution in [0.1, 0.15) is 38.3 Å². The fraction of sp³-hybridized carbons (Fsp3) is 0.350. The third-order valence-electron chi connectivity index (χ3n) is 4.54. The van der Waals surface area contributed by atoms with Crippen LogP contribution in [0, 0.1) is 11.3 Å². The standard InChI is InChI=1S/C20H21BrN4O3S/c1-4-6-13-16(19(26)28-5-2)17(11-7-8-14(27-3)12(21)9-11)25-18(23)15(10-22)29-20(25)24-13/h7-9,17H,4-6,23H2,1-3H3/t17-/m1/s1. The summed E-state index contributed by atoms with van der Waals surface area (Å²) in [7, 11) is 1.59. The number of nitriles is 1. The molecule has 0 amide bonds. The lowest BCUT2D eigenvalue weighted by Crippen LogP contribution is -2.39. The molecule has 0 radical (unpaired) electrons. The minimum Gasteiger partial charge on any atom is -0.496 e. The molecular formula is C20H21BrN4O3S. The predicted molar refractivity (Wildman–Crippen MR) is 116 cm³/mol. The Morgan fingerprint density at radius 2 is 2.21 bits per heavy atom. The lowest BCUT2D eigenvalue weighted by Gasteiger charge is -2.35. The Morgan fingerprint density at radius 3 is 2.79 bits per heavy atom. The molecule has 0 aliphatic carbocycles. The largest absolute Gasteiger partial charge is 0.496 e. The van der Waals surface area contributed by atoms with Gasteiger partial charge in [-0.25, -0.2) is 9.79 Å². The Bertz CT molecular complexity index is 980. The van der Waals surface area contributed by atoms with Gasteiger partial charge in [0.05, 0.1) is 35.5 Å². The van der Waals surface area contributed by atoms with Crippen LogP contribution in [0.3, 0.4) is 0 Å². The molecule has 7 nitrogen and oxygen atoms in total. The van der Waals surface area contributed by atoms with Gasteiger partial charge in [0, 0.05) is 0 Å². The molecule has 0 saturated carbocycles. The van der Waals surface area contributed by atoms with Crippen LogP contribution in [-0.4, -0.2) is 29.8 Å². The lowest BCUT2D eigenvalue weighted by atomic mass is 9.93. The Hall–Kier alpha value is -2.44. The molecule has 0 spiro atoms. The van der Waals surface area contributed by atoms with Gasteiger partial charge in [-0.1, -0.05) is 19.4 Å². The molecule has 0 aromatic heterocycles. The van der Waals surface area contributed by atoms with Crippen molar-refractivity contribution < 1.29 is 14.3 Å². The number of ether oxygens (including phenoxy) is 2. The van der Waals surface area contributed by atoms with Crippen LogP contribution in [0.2, 0.25) is 0 Å². The van der Waals surface area contributed by atoms with Crippen LogP contribution in [-0.2, 0) is 9.53 Å². The van der Waals surface area contributed by atoms with E-state index in [9.17, 15) is 10.1 Å². The van der Waals surface area contributed by atoms with E-state index in [4.69, 9.17) is 15.2 Å². The van der Waals surface area contributed by atoms with Crippen LogP contribution < -0.4 is 10.5 Å². The highest BCUT2D eigenvalue weighted by Gasteiger charge is 2.43. The Kier molecular flexibility index (Phi) is 6.55. The average molecular weight is 477 g/mol. The van der Waals surface area contributed by atoms with Crippen molar-refractivity contribution in [3.05, 3.63) is 50.2 Å². The molecule has 0 fully saturated rings. The fourth-order valence-electron chi connectivity index (χ4n) is 3.31. The number of aliphatic imine (C=N–C) groups is 1. The van der Waals surface area contributed by atoms with E-state index in [1.807, 2.05) is 25.1 Å². The van der Waals surface area contributed by atoms with Crippen molar-refractivity contribution in [2.75, 3.05) is 13.7 Å². The van der Waals surface area contributed by atoms with Crippen molar-refractivity contribution in [1.29, 1.82) is 5.26 Å². The van der Waals surface area contributed by atoms with E-state index in [2.05, 4.69) is 27.0 Å². The van der Waals surface area contributed by atoms with Gasteiger partial charge < -0.3 is 15.2 Å². The van der Waals surface area contributed by atoms with Gasteiger partial charge in [0.25, 0.3) is 0 Å². The molecule has 0 unspecified atom stereocenters. The molecule has 152 valence electrons. The van der Waals surface area contributed by atoms with Crippen molar-refractivity contribution in [1.82, 2.24) is 4.90 Å². The summed E-state index contributed by atoms with van der Waals surface area (Å²) in [5.41, 5.74) is 8.20. The number of amidine groups is 1. The number of thioether (sulfide) groups is 1. The van der Waals surface area contributed by atoms with Gasteiger partial charge in [0.15, 0.2) is 5.17 Å². The van der Waals surface area contributed by atoms with Crippen molar-refractivity contribution in [3.8, 4) is 11.8 Å². The van der Waals surface area contributed by atoms with Gasteiger partial charge in [-0.15, -0.1) is 0 Å². The number of hydrogen-bond donors (Lipinski definition) is 1. The second kappa shape index (κ2) is 8.93. The number of allylic oxidation sites excluding steroid dienone is 2. The van der Waals surface area contributed by atoms with E-state index < -0.39 is 12.0 Å². The van der Waals surface area contributed by atoms with E-state index in [0.29, 0.717) is 33.5 Å². The first kappa shape index (κ1) is 21.3. The van der Waals surface area contributed by atoms with Crippen molar-refractivity contribution in [2.24, 2.45) is 10.7 Å². The van der Waals surface area contributed by atoms with Gasteiger partial charge in [-0.05, 0) is 58.7 Å². The molecule has 0 bridgehead atoms. The number of esters is 1. The minimum atomic E-state index is -0.552. The molecule has 2 aliphatic rings. The highest BCUT2D eigenvalue weighted by Crippen LogP contribution is 2.47. The first-order valence-electron chi connectivity index (χ1n) is 9.15. The summed E-state index contributed by atoms with van der Waals surface area (Å²) in [6, 6.07) is 7.15. The van der Waals surface area contributed by atoms with E-state index in [1.165, 1.54) is 11.8 Å². The van der Waals surface area contributed by atoms with E-state index in [0.717, 1.165) is 16.5 Å². The maximum Gasteiger partial charge on any atom is 0.338 e. The molecule has 1 aromatic carbocycles. The quantitative estimate of drug-likeness (QED) is 0.614. The highest BCUT2D eigenvalue weighted by atomic mass is 79.9. The summed E-state index contributed by atoms with van der Waals surface area (Å²) in [6.45, 7) is 4.04. The number of fused-ring (bicyclic) bond motifs is 1. The van der Waals surface area contributed by atoms with E-state index in [1.54, 1.807) is 18.9 Å². The summed E-state index contributed by atoms with van der Waals surface area (Å²) in [5.74, 6) is 0.523. The summed E-state index contributed by atoms with van der Waals surface area (Å²) >= 11 is 4.73. The summed E-state index contributed by atoms with van der Waals surface area (Å²) < 4.78 is 11.4. The Balaban J connectivity index is 2.23. The van der Waals surface area contributed by atoms with Gasteiger partial charge in [0.1, 0.15) is 22.5 Å². The number of nitrogens with two attached hydrogens (primary N) is 1. The topological polar surface area (TPSA) is 101 Å². The SMILES string of the molecule is CCCC1=C(C(=O)OCC)[C@@H](c2ccc(OC)c(Br)c2)N2C(=N1)SC(C#N)=C2N. The first-order chi connectivity index (χ1) is 14.0. The average Bonchev–Trinajstić information content (AvgIpc) is 3.02. The maximum absolute atomic E-state index is 13.0. The smallest absolute Gasteiger partial charge is 0.338 e. The van der Waals surface area contributed by atoms with E-state index >= 15 is 0 Å². The number of halogens is 1. The number of hydrogen-bond acceptors (Lipinski definition) is 8. The monoisotopic (exact) mass is 476 g/mol. The number of rotatable bonds is 6. The third-order valence-corrected chi connectivity index (χ3v) is 6.13.